The largest absolute Gasteiger partial charge is 0.480 e. The SMILES string of the molecule is C#CC[C@@H](NC(=O)C(F)(F)F)C(=O)O. The number of carboxylic acids is 1. The summed E-state index contributed by atoms with van der Waals surface area (Å²) in [5.41, 5.74) is 0. The van der Waals surface area contributed by atoms with E-state index >= 15 is 0 Å². The highest BCUT2D eigenvalue weighted by molar-refractivity contribution is 5.87. The maximum atomic E-state index is 11.7. The standard InChI is InChI=1S/C7H6F3NO3/c1-2-3-4(5(12)13)11-6(14)7(8,9)10/h1,4H,3H2,(H,11,14)(H,12,13)/t4-/m1/s1. The first-order valence-corrected chi connectivity index (χ1v) is 3.33. The first kappa shape index (κ1) is 12.3. The Morgan fingerprint density at radius 3 is 2.29 bits per heavy atom. The highest BCUT2D eigenvalue weighted by atomic mass is 19.4. The van der Waals surface area contributed by atoms with Crippen LogP contribution in [0.25, 0.3) is 0 Å². The lowest BCUT2D eigenvalue weighted by Crippen LogP contribution is -2.46. The van der Waals surface area contributed by atoms with Gasteiger partial charge < -0.3 is 10.4 Å². The number of rotatable bonds is 3. The second kappa shape index (κ2) is 4.50. The molecule has 0 radical (unpaired) electrons. The van der Waals surface area contributed by atoms with Crippen molar-refractivity contribution in [1.82, 2.24) is 5.32 Å². The summed E-state index contributed by atoms with van der Waals surface area (Å²) in [7, 11) is 0. The van der Waals surface area contributed by atoms with E-state index in [1.807, 2.05) is 5.92 Å². The minimum atomic E-state index is -5.11. The molecule has 4 nitrogen and oxygen atoms in total. The van der Waals surface area contributed by atoms with E-state index in [4.69, 9.17) is 11.5 Å². The second-order valence-corrected chi connectivity index (χ2v) is 2.27. The van der Waals surface area contributed by atoms with Gasteiger partial charge >= 0.3 is 18.1 Å². The number of hydrogen-bond acceptors (Lipinski definition) is 2. The van der Waals surface area contributed by atoms with Crippen LogP contribution in [0.4, 0.5) is 13.2 Å². The van der Waals surface area contributed by atoms with Crippen LogP contribution >= 0.6 is 0 Å². The van der Waals surface area contributed by atoms with Crippen LogP contribution in [0.15, 0.2) is 0 Å². The Bertz CT molecular complexity index is 279. The molecule has 0 aromatic heterocycles. The van der Waals surface area contributed by atoms with Gasteiger partial charge in [0.05, 0.1) is 0 Å². The van der Waals surface area contributed by atoms with Crippen LogP contribution in [0.2, 0.25) is 0 Å². The Labute approximate surface area is 77.1 Å². The molecule has 0 saturated carbocycles. The summed E-state index contributed by atoms with van der Waals surface area (Å²) in [6, 6.07) is -1.71. The number of carboxylic acid groups (broad SMARTS) is 1. The fraction of sp³-hybridized carbons (Fsp3) is 0.429. The van der Waals surface area contributed by atoms with Crippen molar-refractivity contribution in [3.05, 3.63) is 0 Å². The van der Waals surface area contributed by atoms with Crippen molar-refractivity contribution in [1.29, 1.82) is 0 Å². The number of alkyl halides is 3. The van der Waals surface area contributed by atoms with Crippen LogP contribution in [-0.2, 0) is 9.59 Å². The normalized spacial score (nSPS) is 12.7. The third-order valence-electron chi connectivity index (χ3n) is 1.18. The molecule has 0 rings (SSSR count). The van der Waals surface area contributed by atoms with Gasteiger partial charge in [0.25, 0.3) is 0 Å². The monoisotopic (exact) mass is 209 g/mol. The van der Waals surface area contributed by atoms with Crippen molar-refractivity contribution < 1.29 is 27.9 Å². The van der Waals surface area contributed by atoms with Crippen molar-refractivity contribution in [3.63, 3.8) is 0 Å². The van der Waals surface area contributed by atoms with Crippen molar-refractivity contribution in [2.75, 3.05) is 0 Å². The van der Waals surface area contributed by atoms with E-state index in [2.05, 4.69) is 0 Å². The molecule has 0 saturated heterocycles. The number of terminal acetylenes is 1. The fourth-order valence-corrected chi connectivity index (χ4v) is 0.558. The van der Waals surface area contributed by atoms with E-state index in [1.54, 1.807) is 0 Å². The Morgan fingerprint density at radius 2 is 2.00 bits per heavy atom. The minimum absolute atomic E-state index is 0.503. The quantitative estimate of drug-likeness (QED) is 0.650. The van der Waals surface area contributed by atoms with Gasteiger partial charge in [-0.3, -0.25) is 4.79 Å². The lowest BCUT2D eigenvalue weighted by Gasteiger charge is -2.12. The van der Waals surface area contributed by atoms with E-state index in [0.717, 1.165) is 0 Å². The zero-order chi connectivity index (χ0) is 11.4. The number of carbonyl (C=O) groups excluding carboxylic acids is 1. The predicted molar refractivity (Wildman–Crippen MR) is 39.1 cm³/mol. The van der Waals surface area contributed by atoms with E-state index in [1.165, 1.54) is 5.32 Å². The van der Waals surface area contributed by atoms with E-state index < -0.39 is 30.5 Å². The van der Waals surface area contributed by atoms with Crippen LogP contribution < -0.4 is 5.32 Å². The van der Waals surface area contributed by atoms with E-state index in [9.17, 15) is 22.8 Å². The first-order chi connectivity index (χ1) is 6.29. The van der Waals surface area contributed by atoms with Crippen molar-refractivity contribution in [3.8, 4) is 12.3 Å². The Hall–Kier alpha value is -1.71. The Balaban J connectivity index is 4.40. The number of aliphatic carboxylic acids is 1. The molecule has 0 heterocycles. The van der Waals surface area contributed by atoms with Gasteiger partial charge in [-0.1, -0.05) is 0 Å². The lowest BCUT2D eigenvalue weighted by molar-refractivity contribution is -0.175. The molecule has 2 N–H and O–H groups in total. The molecule has 0 fully saturated rings. The summed E-state index contributed by atoms with van der Waals surface area (Å²) in [6.45, 7) is 0. The molecule has 0 aliphatic rings. The number of carbonyl (C=O) groups is 2. The molecule has 0 spiro atoms. The average Bonchev–Trinajstić information content (AvgIpc) is 2.01. The predicted octanol–water partition coefficient (Wildman–Crippen LogP) is 0.141. The highest BCUT2D eigenvalue weighted by Gasteiger charge is 2.40. The molecular formula is C7H6F3NO3. The summed E-state index contributed by atoms with van der Waals surface area (Å²) in [6.07, 6.45) is -0.906. The molecule has 1 amide bonds. The smallest absolute Gasteiger partial charge is 0.471 e. The van der Waals surface area contributed by atoms with Crippen LogP contribution in [-0.4, -0.2) is 29.2 Å². The zero-order valence-corrected chi connectivity index (χ0v) is 6.76. The van der Waals surface area contributed by atoms with Gasteiger partial charge in [-0.15, -0.1) is 12.3 Å². The average molecular weight is 209 g/mol. The topological polar surface area (TPSA) is 66.4 Å². The molecule has 0 unspecified atom stereocenters. The van der Waals surface area contributed by atoms with Crippen LogP contribution in [0, 0.1) is 12.3 Å². The third kappa shape index (κ3) is 3.80. The highest BCUT2D eigenvalue weighted by Crippen LogP contribution is 2.14. The van der Waals surface area contributed by atoms with Crippen LogP contribution in [0.3, 0.4) is 0 Å². The lowest BCUT2D eigenvalue weighted by atomic mass is 10.2. The molecule has 7 heteroatoms. The van der Waals surface area contributed by atoms with Crippen molar-refractivity contribution in [2.24, 2.45) is 0 Å². The molecule has 0 aromatic carbocycles. The number of amides is 1. The maximum absolute atomic E-state index is 11.7. The molecule has 0 aliphatic heterocycles. The number of hydrogen-bond donors (Lipinski definition) is 2. The van der Waals surface area contributed by atoms with Gasteiger partial charge in [0.2, 0.25) is 0 Å². The summed E-state index contributed by atoms with van der Waals surface area (Å²) in [5, 5.41) is 9.59. The van der Waals surface area contributed by atoms with Crippen LogP contribution in [0.1, 0.15) is 6.42 Å². The Morgan fingerprint density at radius 1 is 1.50 bits per heavy atom. The minimum Gasteiger partial charge on any atom is -0.480 e. The van der Waals surface area contributed by atoms with Gasteiger partial charge in [0, 0.05) is 6.42 Å². The summed E-state index contributed by atoms with van der Waals surface area (Å²) >= 11 is 0. The molecule has 0 aromatic rings. The molecule has 0 bridgehead atoms. The molecule has 78 valence electrons. The molecule has 0 aliphatic carbocycles. The third-order valence-corrected chi connectivity index (χ3v) is 1.18. The maximum Gasteiger partial charge on any atom is 0.471 e. The van der Waals surface area contributed by atoms with Crippen LogP contribution in [0.5, 0.6) is 0 Å². The molecular weight excluding hydrogens is 203 g/mol. The zero-order valence-electron chi connectivity index (χ0n) is 6.76. The van der Waals surface area contributed by atoms with Crippen molar-refractivity contribution in [2.45, 2.75) is 18.6 Å². The van der Waals surface area contributed by atoms with Gasteiger partial charge in [0.15, 0.2) is 0 Å². The summed E-state index contributed by atoms with van der Waals surface area (Å²) < 4.78 is 35.0. The van der Waals surface area contributed by atoms with Gasteiger partial charge in [0.1, 0.15) is 6.04 Å². The molecule has 1 atom stereocenters. The molecule has 14 heavy (non-hydrogen) atoms. The van der Waals surface area contributed by atoms with Crippen molar-refractivity contribution >= 4 is 11.9 Å². The first-order valence-electron chi connectivity index (χ1n) is 3.33. The number of nitrogens with one attached hydrogen (secondary N) is 1. The fourth-order valence-electron chi connectivity index (χ4n) is 0.558. The summed E-state index contributed by atoms with van der Waals surface area (Å²) in [5.74, 6) is -2.09. The second-order valence-electron chi connectivity index (χ2n) is 2.27. The summed E-state index contributed by atoms with van der Waals surface area (Å²) in [4.78, 5) is 20.6. The van der Waals surface area contributed by atoms with Gasteiger partial charge in [-0.2, -0.15) is 13.2 Å². The Kier molecular flexibility index (Phi) is 3.95. The van der Waals surface area contributed by atoms with Gasteiger partial charge in [-0.05, 0) is 0 Å². The van der Waals surface area contributed by atoms with E-state index in [0.29, 0.717) is 0 Å². The number of halogens is 3. The van der Waals surface area contributed by atoms with E-state index in [-0.39, 0.29) is 0 Å². The van der Waals surface area contributed by atoms with Gasteiger partial charge in [-0.25, -0.2) is 4.79 Å².